The molecule has 1 atom stereocenters. The summed E-state index contributed by atoms with van der Waals surface area (Å²) in [6, 6.07) is 20.0. The quantitative estimate of drug-likeness (QED) is 0.311. The average molecular weight is 448 g/mol. The molecule has 3 aromatic rings. The van der Waals surface area contributed by atoms with Gasteiger partial charge in [-0.15, -0.1) is 11.3 Å². The lowest BCUT2D eigenvalue weighted by Gasteiger charge is -2.26. The summed E-state index contributed by atoms with van der Waals surface area (Å²) in [6.45, 7) is 4.86. The van der Waals surface area contributed by atoms with Crippen molar-refractivity contribution in [2.75, 3.05) is 13.1 Å². The summed E-state index contributed by atoms with van der Waals surface area (Å²) in [7, 11) is 0. The molecule has 0 saturated carbocycles. The van der Waals surface area contributed by atoms with Gasteiger partial charge < -0.3 is 10.1 Å². The van der Waals surface area contributed by atoms with Crippen LogP contribution >= 0.6 is 11.3 Å². The van der Waals surface area contributed by atoms with Crippen LogP contribution in [0.2, 0.25) is 0 Å². The van der Waals surface area contributed by atoms with E-state index in [-0.39, 0.29) is 36.2 Å². The molecule has 1 aliphatic rings. The number of fused-ring (bicyclic) bond motifs is 3. The van der Waals surface area contributed by atoms with Crippen molar-refractivity contribution in [1.29, 1.82) is 0 Å². The number of nitrogens with one attached hydrogen (secondary N) is 1. The van der Waals surface area contributed by atoms with Crippen LogP contribution in [0.1, 0.15) is 53.6 Å². The minimum atomic E-state index is -0.389. The Morgan fingerprint density at radius 2 is 1.56 bits per heavy atom. The van der Waals surface area contributed by atoms with E-state index in [1.54, 1.807) is 0 Å². The second-order valence-electron chi connectivity index (χ2n) is 8.21. The minimum Gasteiger partial charge on any atom is -0.452 e. The number of esters is 1. The van der Waals surface area contributed by atoms with Crippen LogP contribution in [0, 0.1) is 11.8 Å². The molecule has 5 heteroatoms. The van der Waals surface area contributed by atoms with Gasteiger partial charge in [0.05, 0.1) is 17.3 Å². The molecule has 1 aliphatic carbocycles. The molecule has 166 valence electrons. The molecule has 0 amide bonds. The molecule has 1 aromatic heterocycles. The highest BCUT2D eigenvalue weighted by Crippen LogP contribution is 2.45. The third-order valence-electron chi connectivity index (χ3n) is 6.38. The van der Waals surface area contributed by atoms with Gasteiger partial charge in [0.2, 0.25) is 0 Å². The Balaban J connectivity index is 1.49. The molecule has 4 rings (SSSR count). The Hall–Kier alpha value is -2.76. The maximum atomic E-state index is 13.4. The van der Waals surface area contributed by atoms with E-state index in [1.165, 1.54) is 11.3 Å². The van der Waals surface area contributed by atoms with Crippen LogP contribution in [0.5, 0.6) is 0 Å². The minimum absolute atomic E-state index is 0.0512. The van der Waals surface area contributed by atoms with Gasteiger partial charge in [0.25, 0.3) is 0 Å². The maximum Gasteiger partial charge on any atom is 0.311 e. The van der Waals surface area contributed by atoms with Gasteiger partial charge in [-0.1, -0.05) is 81.3 Å². The number of Topliss-reactive ketones (excluding diaryl/α,β-unsaturated/α-hetero) is 1. The monoisotopic (exact) mass is 447 g/mol. The lowest BCUT2D eigenvalue weighted by atomic mass is 9.87. The third-order valence-corrected chi connectivity index (χ3v) is 7.29. The van der Waals surface area contributed by atoms with Gasteiger partial charge in [0.15, 0.2) is 11.9 Å². The summed E-state index contributed by atoms with van der Waals surface area (Å²) in [5.41, 5.74) is 4.32. The van der Waals surface area contributed by atoms with Crippen LogP contribution in [-0.2, 0) is 9.53 Å². The molecule has 2 aromatic carbocycles. The first-order valence-electron chi connectivity index (χ1n) is 11.3. The Labute approximate surface area is 193 Å². The van der Waals surface area contributed by atoms with E-state index in [0.29, 0.717) is 6.54 Å². The average Bonchev–Trinajstić information content (AvgIpc) is 3.46. The van der Waals surface area contributed by atoms with E-state index in [2.05, 4.69) is 31.3 Å². The molecule has 1 N–H and O–H groups in total. The van der Waals surface area contributed by atoms with E-state index in [9.17, 15) is 9.59 Å². The number of thiophene rings is 1. The van der Waals surface area contributed by atoms with Crippen molar-refractivity contribution in [3.8, 4) is 11.1 Å². The number of carbonyl (C=O) groups is 2. The molecule has 0 fully saturated rings. The zero-order valence-electron chi connectivity index (χ0n) is 18.5. The van der Waals surface area contributed by atoms with Gasteiger partial charge in [-0.25, -0.2) is 0 Å². The predicted octanol–water partition coefficient (Wildman–Crippen LogP) is 5.89. The van der Waals surface area contributed by atoms with Crippen LogP contribution in [0.15, 0.2) is 66.0 Å². The molecule has 0 saturated heterocycles. The summed E-state index contributed by atoms with van der Waals surface area (Å²) >= 11 is 1.44. The molecular weight excluding hydrogens is 418 g/mol. The fraction of sp³-hybridized carbons (Fsp3) is 0.333. The Morgan fingerprint density at radius 1 is 0.938 bits per heavy atom. The van der Waals surface area contributed by atoms with Gasteiger partial charge in [0, 0.05) is 17.7 Å². The van der Waals surface area contributed by atoms with E-state index in [1.807, 2.05) is 53.9 Å². The lowest BCUT2D eigenvalue weighted by Crippen LogP contribution is -2.37. The SMILES string of the molecule is CCC(CC)C(CNCC(=O)c1cccs1)C(=O)OC1c2ccccc2-c2ccccc21. The predicted molar refractivity (Wildman–Crippen MR) is 129 cm³/mol. The van der Waals surface area contributed by atoms with Crippen LogP contribution < -0.4 is 5.32 Å². The molecule has 0 aliphatic heterocycles. The van der Waals surface area contributed by atoms with Gasteiger partial charge in [-0.2, -0.15) is 0 Å². The largest absolute Gasteiger partial charge is 0.452 e. The first kappa shape index (κ1) is 22.4. The number of rotatable bonds is 10. The van der Waals surface area contributed by atoms with Crippen LogP contribution in [0.25, 0.3) is 11.1 Å². The summed E-state index contributed by atoms with van der Waals surface area (Å²) in [5, 5.41) is 5.12. The van der Waals surface area contributed by atoms with Crippen molar-refractivity contribution >= 4 is 23.1 Å². The number of hydrogen-bond acceptors (Lipinski definition) is 5. The van der Waals surface area contributed by atoms with Crippen LogP contribution in [0.3, 0.4) is 0 Å². The standard InChI is InChI=1S/C27H29NO3S/c1-3-18(4-2)23(16-28-17-24(29)25-14-9-15-32-25)27(30)31-26-21-12-7-5-10-19(21)20-11-6-8-13-22(20)26/h5-15,18,23,26,28H,3-4,16-17H2,1-2H3. The molecule has 4 nitrogen and oxygen atoms in total. The highest BCUT2D eigenvalue weighted by Gasteiger charge is 2.35. The van der Waals surface area contributed by atoms with Gasteiger partial charge in [-0.05, 0) is 28.5 Å². The number of ether oxygens (including phenoxy) is 1. The smallest absolute Gasteiger partial charge is 0.311 e. The highest BCUT2D eigenvalue weighted by atomic mass is 32.1. The molecule has 0 bridgehead atoms. The van der Waals surface area contributed by atoms with E-state index in [0.717, 1.165) is 40.0 Å². The van der Waals surface area contributed by atoms with Crippen molar-refractivity contribution in [2.45, 2.75) is 32.8 Å². The van der Waals surface area contributed by atoms with Crippen molar-refractivity contribution in [1.82, 2.24) is 5.32 Å². The molecule has 0 spiro atoms. The zero-order chi connectivity index (χ0) is 22.5. The van der Waals surface area contributed by atoms with E-state index < -0.39 is 0 Å². The molecule has 1 heterocycles. The first-order chi connectivity index (χ1) is 15.6. The fourth-order valence-corrected chi connectivity index (χ4v) is 5.27. The third kappa shape index (κ3) is 4.54. The normalized spacial score (nSPS) is 13.6. The molecular formula is C27H29NO3S. The van der Waals surface area contributed by atoms with Gasteiger partial charge >= 0.3 is 5.97 Å². The van der Waals surface area contributed by atoms with E-state index >= 15 is 0 Å². The van der Waals surface area contributed by atoms with Crippen LogP contribution in [0.4, 0.5) is 0 Å². The molecule has 0 radical (unpaired) electrons. The zero-order valence-corrected chi connectivity index (χ0v) is 19.4. The topological polar surface area (TPSA) is 55.4 Å². The number of ketones is 1. The Kier molecular flexibility index (Phi) is 7.18. The Bertz CT molecular complexity index is 1030. The maximum absolute atomic E-state index is 13.4. The summed E-state index contributed by atoms with van der Waals surface area (Å²) in [4.78, 5) is 26.5. The number of carbonyl (C=O) groups excluding carboxylic acids is 2. The second kappa shape index (κ2) is 10.2. The molecule has 32 heavy (non-hydrogen) atoms. The van der Waals surface area contributed by atoms with Crippen molar-refractivity contribution < 1.29 is 14.3 Å². The number of benzene rings is 2. The summed E-state index contributed by atoms with van der Waals surface area (Å²) < 4.78 is 6.18. The van der Waals surface area contributed by atoms with Crippen molar-refractivity contribution in [3.05, 3.63) is 82.0 Å². The van der Waals surface area contributed by atoms with Crippen LogP contribution in [-0.4, -0.2) is 24.8 Å². The van der Waals surface area contributed by atoms with Crippen molar-refractivity contribution in [3.63, 3.8) is 0 Å². The summed E-state index contributed by atoms with van der Waals surface area (Å²) in [6.07, 6.45) is 1.38. The van der Waals surface area contributed by atoms with Crippen molar-refractivity contribution in [2.24, 2.45) is 11.8 Å². The fourth-order valence-electron chi connectivity index (χ4n) is 4.61. The summed E-state index contributed by atoms with van der Waals surface area (Å²) in [5.74, 6) is -0.263. The number of hydrogen-bond donors (Lipinski definition) is 1. The van der Waals surface area contributed by atoms with E-state index in [4.69, 9.17) is 4.74 Å². The molecule has 1 unspecified atom stereocenters. The van der Waals surface area contributed by atoms with Gasteiger partial charge in [0.1, 0.15) is 0 Å². The highest BCUT2D eigenvalue weighted by molar-refractivity contribution is 7.12. The first-order valence-corrected chi connectivity index (χ1v) is 12.2. The Morgan fingerprint density at radius 3 is 2.12 bits per heavy atom. The van der Waals surface area contributed by atoms with Gasteiger partial charge in [-0.3, -0.25) is 9.59 Å². The second-order valence-corrected chi connectivity index (χ2v) is 9.15. The lowest BCUT2D eigenvalue weighted by molar-refractivity contribution is -0.154.